The Labute approximate surface area is 184 Å². The Morgan fingerprint density at radius 1 is 1.00 bits per heavy atom. The number of fused-ring (bicyclic) bond motifs is 2. The zero-order valence-electron chi connectivity index (χ0n) is 18.4. The number of aromatic nitrogens is 6. The molecule has 1 aliphatic rings. The van der Waals surface area contributed by atoms with E-state index in [-0.39, 0.29) is 11.1 Å². The van der Waals surface area contributed by atoms with E-state index in [0.717, 1.165) is 25.2 Å². The van der Waals surface area contributed by atoms with Crippen molar-refractivity contribution in [3.8, 4) is 5.95 Å². The van der Waals surface area contributed by atoms with Crippen LogP contribution in [0.15, 0.2) is 40.2 Å². The van der Waals surface area contributed by atoms with Gasteiger partial charge >= 0.3 is 0 Å². The number of nitrogens with one attached hydrogen (secondary N) is 1. The van der Waals surface area contributed by atoms with E-state index in [1.165, 1.54) is 23.8 Å². The Bertz CT molecular complexity index is 1390. The quantitative estimate of drug-likeness (QED) is 0.485. The highest BCUT2D eigenvalue weighted by molar-refractivity contribution is 5.91. The SMILES string of the molecule is CN(C)CCn1ccc2nc3ccn(-c4n[nH]c(C5CCCCC5)n4)c(=O)c3cc2c1=O. The molecule has 1 fully saturated rings. The number of hydrogen-bond donors (Lipinski definition) is 1. The molecule has 0 amide bonds. The topological polar surface area (TPSA) is 102 Å². The van der Waals surface area contributed by atoms with Gasteiger partial charge in [0, 0.05) is 31.4 Å². The van der Waals surface area contributed by atoms with Crippen LogP contribution in [0.5, 0.6) is 0 Å². The zero-order chi connectivity index (χ0) is 22.2. The van der Waals surface area contributed by atoms with E-state index in [2.05, 4.69) is 20.2 Å². The van der Waals surface area contributed by atoms with Crippen molar-refractivity contribution in [2.75, 3.05) is 20.6 Å². The van der Waals surface area contributed by atoms with E-state index < -0.39 is 0 Å². The first-order valence-electron chi connectivity index (χ1n) is 11.1. The van der Waals surface area contributed by atoms with E-state index in [1.54, 1.807) is 29.1 Å². The van der Waals surface area contributed by atoms with Gasteiger partial charge in [0.05, 0.1) is 21.8 Å². The van der Waals surface area contributed by atoms with Gasteiger partial charge in [-0.25, -0.2) is 9.55 Å². The minimum absolute atomic E-state index is 0.147. The largest absolute Gasteiger partial charge is 0.314 e. The van der Waals surface area contributed by atoms with Gasteiger partial charge in [-0.15, -0.1) is 5.10 Å². The Morgan fingerprint density at radius 3 is 2.47 bits per heavy atom. The smallest absolute Gasteiger partial charge is 0.267 e. The molecule has 5 rings (SSSR count). The van der Waals surface area contributed by atoms with Gasteiger partial charge in [0.25, 0.3) is 17.1 Å². The van der Waals surface area contributed by atoms with Gasteiger partial charge < -0.3 is 9.47 Å². The fourth-order valence-electron chi connectivity index (χ4n) is 4.44. The second-order valence-electron chi connectivity index (χ2n) is 8.82. The van der Waals surface area contributed by atoms with Crippen LogP contribution in [0.25, 0.3) is 27.8 Å². The molecule has 166 valence electrons. The van der Waals surface area contributed by atoms with Crippen LogP contribution in [-0.4, -0.2) is 54.8 Å². The fourth-order valence-corrected chi connectivity index (χ4v) is 4.44. The number of pyridine rings is 3. The van der Waals surface area contributed by atoms with Crippen LogP contribution in [0.1, 0.15) is 43.8 Å². The lowest BCUT2D eigenvalue weighted by Gasteiger charge is -2.18. The lowest BCUT2D eigenvalue weighted by Crippen LogP contribution is -2.26. The Hall–Kier alpha value is -3.33. The molecule has 1 aliphatic carbocycles. The second-order valence-corrected chi connectivity index (χ2v) is 8.82. The summed E-state index contributed by atoms with van der Waals surface area (Å²) in [5.41, 5.74) is 0.700. The van der Waals surface area contributed by atoms with Gasteiger partial charge in [0.15, 0.2) is 0 Å². The molecule has 9 heteroatoms. The summed E-state index contributed by atoms with van der Waals surface area (Å²) in [7, 11) is 3.93. The molecule has 0 aromatic carbocycles. The van der Waals surface area contributed by atoms with Gasteiger partial charge in [0.2, 0.25) is 0 Å². The van der Waals surface area contributed by atoms with Crippen molar-refractivity contribution in [1.29, 1.82) is 0 Å². The van der Waals surface area contributed by atoms with Crippen LogP contribution in [0.2, 0.25) is 0 Å². The molecule has 0 atom stereocenters. The molecular formula is C23H27N7O2. The van der Waals surface area contributed by atoms with Crippen LogP contribution in [0, 0.1) is 0 Å². The van der Waals surface area contributed by atoms with Crippen molar-refractivity contribution in [3.05, 3.63) is 57.1 Å². The van der Waals surface area contributed by atoms with Crippen molar-refractivity contribution >= 4 is 21.8 Å². The molecular weight excluding hydrogens is 406 g/mol. The Kier molecular flexibility index (Phi) is 5.34. The first-order valence-corrected chi connectivity index (χ1v) is 11.1. The summed E-state index contributed by atoms with van der Waals surface area (Å²) < 4.78 is 3.08. The van der Waals surface area contributed by atoms with E-state index in [0.29, 0.717) is 40.2 Å². The van der Waals surface area contributed by atoms with Crippen molar-refractivity contribution in [3.63, 3.8) is 0 Å². The average molecular weight is 434 g/mol. The number of likely N-dealkylation sites (N-methyl/N-ethyl adjacent to an activating group) is 1. The number of nitrogens with zero attached hydrogens (tertiary/aromatic N) is 6. The van der Waals surface area contributed by atoms with E-state index in [9.17, 15) is 9.59 Å². The van der Waals surface area contributed by atoms with Gasteiger partial charge in [-0.05, 0) is 45.1 Å². The number of aromatic amines is 1. The molecule has 1 saturated carbocycles. The van der Waals surface area contributed by atoms with Crippen LogP contribution in [-0.2, 0) is 6.54 Å². The predicted molar refractivity (Wildman–Crippen MR) is 123 cm³/mol. The maximum atomic E-state index is 13.3. The van der Waals surface area contributed by atoms with Crippen LogP contribution in [0.3, 0.4) is 0 Å². The molecule has 1 N–H and O–H groups in total. The van der Waals surface area contributed by atoms with Crippen LogP contribution in [0.4, 0.5) is 0 Å². The third-order valence-electron chi connectivity index (χ3n) is 6.30. The minimum Gasteiger partial charge on any atom is -0.314 e. The molecule has 9 nitrogen and oxygen atoms in total. The molecule has 0 saturated heterocycles. The summed E-state index contributed by atoms with van der Waals surface area (Å²) in [4.78, 5) is 37.5. The van der Waals surface area contributed by atoms with Crippen LogP contribution >= 0.6 is 0 Å². The molecule has 4 aromatic rings. The predicted octanol–water partition coefficient (Wildman–Crippen LogP) is 2.43. The number of H-pyrrole nitrogens is 1. The summed E-state index contributed by atoms with van der Waals surface area (Å²) in [6.45, 7) is 1.31. The lowest BCUT2D eigenvalue weighted by atomic mass is 9.89. The molecule has 0 spiro atoms. The molecule has 4 heterocycles. The Morgan fingerprint density at radius 2 is 1.72 bits per heavy atom. The number of rotatable bonds is 5. The third kappa shape index (κ3) is 3.73. The highest BCUT2D eigenvalue weighted by Crippen LogP contribution is 2.30. The highest BCUT2D eigenvalue weighted by Gasteiger charge is 2.20. The molecule has 4 aromatic heterocycles. The molecule has 32 heavy (non-hydrogen) atoms. The van der Waals surface area contributed by atoms with Gasteiger partial charge in [-0.1, -0.05) is 19.3 Å². The van der Waals surface area contributed by atoms with Crippen LogP contribution < -0.4 is 11.1 Å². The maximum Gasteiger partial charge on any atom is 0.267 e. The average Bonchev–Trinajstić information content (AvgIpc) is 3.29. The summed E-state index contributed by atoms with van der Waals surface area (Å²) in [6.07, 6.45) is 9.25. The summed E-state index contributed by atoms with van der Waals surface area (Å²) in [5, 5.41) is 8.14. The highest BCUT2D eigenvalue weighted by atomic mass is 16.1. The van der Waals surface area contributed by atoms with E-state index in [1.807, 2.05) is 25.1 Å². The van der Waals surface area contributed by atoms with Crippen molar-refractivity contribution < 1.29 is 0 Å². The lowest BCUT2D eigenvalue weighted by molar-refractivity contribution is 0.381. The normalized spacial score (nSPS) is 15.2. The molecule has 0 bridgehead atoms. The maximum absolute atomic E-state index is 13.3. The van der Waals surface area contributed by atoms with Crippen molar-refractivity contribution in [1.82, 2.24) is 34.2 Å². The van der Waals surface area contributed by atoms with Crippen molar-refractivity contribution in [2.45, 2.75) is 44.6 Å². The fraction of sp³-hybridized carbons (Fsp3) is 0.435. The summed E-state index contributed by atoms with van der Waals surface area (Å²) in [6, 6.07) is 5.24. The second kappa shape index (κ2) is 8.31. The molecule has 0 unspecified atom stereocenters. The van der Waals surface area contributed by atoms with Gasteiger partial charge in [0.1, 0.15) is 5.82 Å². The summed E-state index contributed by atoms with van der Waals surface area (Å²) >= 11 is 0. The van der Waals surface area contributed by atoms with E-state index in [4.69, 9.17) is 0 Å². The summed E-state index contributed by atoms with van der Waals surface area (Å²) in [5.74, 6) is 1.54. The first-order chi connectivity index (χ1) is 15.5. The molecule has 0 radical (unpaired) electrons. The monoisotopic (exact) mass is 433 g/mol. The Balaban J connectivity index is 1.57. The van der Waals surface area contributed by atoms with Gasteiger partial charge in [-0.3, -0.25) is 14.7 Å². The van der Waals surface area contributed by atoms with E-state index >= 15 is 0 Å². The number of hydrogen-bond acceptors (Lipinski definition) is 6. The standard InChI is InChI=1S/C23H27N7O2/c1-28(2)12-13-29-10-8-18-16(21(29)31)14-17-19(24-18)9-11-30(22(17)32)23-25-20(26-27-23)15-6-4-3-5-7-15/h8-11,14-15H,3-7,12-13H2,1-2H3,(H,25,26,27). The molecule has 0 aliphatic heterocycles. The zero-order valence-corrected chi connectivity index (χ0v) is 18.4. The third-order valence-corrected chi connectivity index (χ3v) is 6.30. The first kappa shape index (κ1) is 20.6. The van der Waals surface area contributed by atoms with Crippen molar-refractivity contribution in [2.24, 2.45) is 0 Å². The minimum atomic E-state index is -0.283. The van der Waals surface area contributed by atoms with Gasteiger partial charge in [-0.2, -0.15) is 4.98 Å².